The van der Waals surface area contributed by atoms with Gasteiger partial charge in [-0.1, -0.05) is 92.5 Å². The molecule has 0 amide bonds. The number of pyridine rings is 1. The van der Waals surface area contributed by atoms with Crippen molar-refractivity contribution in [2.75, 3.05) is 0 Å². The minimum Gasteiger partial charge on any atom is -0.508 e. The van der Waals surface area contributed by atoms with Crippen LogP contribution in [0, 0.1) is 32.9 Å². The van der Waals surface area contributed by atoms with Crippen molar-refractivity contribution in [3.05, 3.63) is 148 Å². The molecule has 0 spiro atoms. The summed E-state index contributed by atoms with van der Waals surface area (Å²) in [7, 11) is 0. The monoisotopic (exact) mass is 899 g/mol. The molecule has 5 aromatic carbocycles. The molecule has 0 fully saturated rings. The van der Waals surface area contributed by atoms with Gasteiger partial charge < -0.3 is 13.9 Å². The molecule has 0 N–H and O–H groups in total. The van der Waals surface area contributed by atoms with E-state index in [2.05, 4.69) is 155 Å². The first-order valence-electron chi connectivity index (χ1n) is 19.3. The summed E-state index contributed by atoms with van der Waals surface area (Å²) in [5, 5.41) is 4.69. The summed E-state index contributed by atoms with van der Waals surface area (Å²) in [5.41, 5.74) is 13.4. The Bertz CT molecular complexity index is 2900. The molecule has 1 aliphatic heterocycles. The summed E-state index contributed by atoms with van der Waals surface area (Å²) in [6.07, 6.45) is 4.96. The molecule has 55 heavy (non-hydrogen) atoms. The van der Waals surface area contributed by atoms with Gasteiger partial charge in [0.05, 0.1) is 11.1 Å². The van der Waals surface area contributed by atoms with E-state index in [9.17, 15) is 0 Å². The number of aryl methyl sites for hydroxylation is 4. The van der Waals surface area contributed by atoms with Crippen LogP contribution in [-0.2, 0) is 37.8 Å². The number of nitrogens with zero attached hydrogens (tertiary/aromatic N) is 4. The van der Waals surface area contributed by atoms with Gasteiger partial charge >= 0.3 is 21.1 Å². The summed E-state index contributed by atoms with van der Waals surface area (Å²) < 4.78 is 11.7. The van der Waals surface area contributed by atoms with Crippen LogP contribution in [0.5, 0.6) is 0 Å². The first-order valence-corrected chi connectivity index (χ1v) is 19.3. The van der Waals surface area contributed by atoms with Gasteiger partial charge in [-0.05, 0) is 104 Å². The van der Waals surface area contributed by atoms with Crippen LogP contribution in [0.2, 0.25) is 0 Å². The quantitative estimate of drug-likeness (QED) is 0.165. The number of hydrogen-bond acceptors (Lipinski definition) is 3. The average Bonchev–Trinajstić information content (AvgIpc) is 3.73. The zero-order valence-electron chi connectivity index (χ0n) is 32.4. The van der Waals surface area contributed by atoms with Crippen molar-refractivity contribution >= 4 is 49.6 Å². The van der Waals surface area contributed by atoms with Gasteiger partial charge in [0, 0.05) is 22.5 Å². The molecule has 0 radical (unpaired) electrons. The molecule has 8 aromatic rings. The predicted octanol–water partition coefficient (Wildman–Crippen LogP) is 11.7. The fourth-order valence-corrected chi connectivity index (χ4v) is 9.34. The predicted molar refractivity (Wildman–Crippen MR) is 222 cm³/mol. The zero-order chi connectivity index (χ0) is 37.1. The molecule has 3 aromatic heterocycles. The minimum atomic E-state index is -0.569. The smallest absolute Gasteiger partial charge is 0.508 e. The van der Waals surface area contributed by atoms with Crippen molar-refractivity contribution in [2.24, 2.45) is 4.99 Å². The number of ether oxygens (including phenoxy) is 1. The SMILES string of the molecule is Cc1ccc2c(c1)c1ccc(-n3c4ccc(C(C)C)cc4c4cccnc43)[c-]c1n2-c1[c-]c(C2=N[C@]3(C)CCCc4ccccc4[C@]3(C)O2)c(C)cc1C.[Pt+2]. The topological polar surface area (TPSA) is 44.3 Å². The van der Waals surface area contributed by atoms with Gasteiger partial charge in [0.2, 0.25) is 0 Å². The molecule has 0 unspecified atom stereocenters. The van der Waals surface area contributed by atoms with E-state index < -0.39 is 5.60 Å². The molecule has 4 heterocycles. The molecular formula is C49H44N4OPt. The molecule has 5 nitrogen and oxygen atoms in total. The normalized spacial score (nSPS) is 19.4. The van der Waals surface area contributed by atoms with E-state index in [0.29, 0.717) is 11.8 Å². The first-order chi connectivity index (χ1) is 26.0. The van der Waals surface area contributed by atoms with Gasteiger partial charge in [0.15, 0.2) is 0 Å². The van der Waals surface area contributed by atoms with Gasteiger partial charge in [-0.3, -0.25) is 4.99 Å². The van der Waals surface area contributed by atoms with Gasteiger partial charge in [-0.2, -0.15) is 6.07 Å². The summed E-state index contributed by atoms with van der Waals surface area (Å²) >= 11 is 0. The Morgan fingerprint density at radius 2 is 1.55 bits per heavy atom. The van der Waals surface area contributed by atoms with Crippen molar-refractivity contribution in [2.45, 2.75) is 84.8 Å². The Hall–Kier alpha value is -4.99. The molecule has 0 saturated carbocycles. The van der Waals surface area contributed by atoms with Crippen molar-refractivity contribution in [3.63, 3.8) is 0 Å². The van der Waals surface area contributed by atoms with Gasteiger partial charge in [-0.15, -0.1) is 40.8 Å². The first kappa shape index (κ1) is 35.7. The largest absolute Gasteiger partial charge is 2.00 e. The van der Waals surface area contributed by atoms with Gasteiger partial charge in [0.25, 0.3) is 0 Å². The second kappa shape index (κ2) is 12.8. The second-order valence-electron chi connectivity index (χ2n) is 16.3. The molecule has 2 atom stereocenters. The molecular weight excluding hydrogens is 856 g/mol. The van der Waals surface area contributed by atoms with Crippen LogP contribution < -0.4 is 0 Å². The van der Waals surface area contributed by atoms with E-state index in [1.165, 1.54) is 33.0 Å². The molecule has 10 rings (SSSR count). The van der Waals surface area contributed by atoms with Crippen LogP contribution in [-0.4, -0.2) is 25.6 Å². The fraction of sp³-hybridized carbons (Fsp3) is 0.265. The second-order valence-corrected chi connectivity index (χ2v) is 16.3. The average molecular weight is 900 g/mol. The third-order valence-electron chi connectivity index (χ3n) is 12.5. The van der Waals surface area contributed by atoms with E-state index in [0.717, 1.165) is 80.3 Å². The molecule has 1 aliphatic carbocycles. The summed E-state index contributed by atoms with van der Waals surface area (Å²) in [5.74, 6) is 1.11. The van der Waals surface area contributed by atoms with Gasteiger partial charge in [-0.25, -0.2) is 4.98 Å². The summed E-state index contributed by atoms with van der Waals surface area (Å²) in [6.45, 7) is 15.5. The van der Waals surface area contributed by atoms with E-state index in [1.54, 1.807) is 0 Å². The van der Waals surface area contributed by atoms with Crippen LogP contribution in [0.15, 0.2) is 102 Å². The van der Waals surface area contributed by atoms with Crippen molar-refractivity contribution in [1.29, 1.82) is 0 Å². The molecule has 0 saturated heterocycles. The Morgan fingerprint density at radius 1 is 0.764 bits per heavy atom. The summed E-state index contributed by atoms with van der Waals surface area (Å²) in [4.78, 5) is 10.4. The number of fused-ring (bicyclic) bond motifs is 9. The third-order valence-corrected chi connectivity index (χ3v) is 12.5. The molecule has 6 heteroatoms. The van der Waals surface area contributed by atoms with Gasteiger partial charge in [0.1, 0.15) is 17.1 Å². The summed E-state index contributed by atoms with van der Waals surface area (Å²) in [6, 6.07) is 41.1. The number of benzene rings is 5. The van der Waals surface area contributed by atoms with Crippen molar-refractivity contribution in [3.8, 4) is 11.4 Å². The van der Waals surface area contributed by atoms with E-state index in [-0.39, 0.29) is 26.6 Å². The van der Waals surface area contributed by atoms with Crippen molar-refractivity contribution < 1.29 is 25.8 Å². The Balaban J connectivity index is 0.00000397. The van der Waals surface area contributed by atoms with E-state index >= 15 is 0 Å². The molecule has 2 aliphatic rings. The van der Waals surface area contributed by atoms with Crippen LogP contribution in [0.4, 0.5) is 0 Å². The number of rotatable bonds is 4. The zero-order valence-corrected chi connectivity index (χ0v) is 34.7. The van der Waals surface area contributed by atoms with Crippen molar-refractivity contribution in [1.82, 2.24) is 14.1 Å². The molecule has 276 valence electrons. The van der Waals surface area contributed by atoms with Crippen LogP contribution in [0.25, 0.3) is 55.1 Å². The Kier molecular flexibility index (Phi) is 8.29. The van der Waals surface area contributed by atoms with E-state index in [4.69, 9.17) is 14.7 Å². The Labute approximate surface area is 337 Å². The fourth-order valence-electron chi connectivity index (χ4n) is 9.34. The van der Waals surface area contributed by atoms with E-state index in [1.807, 2.05) is 12.3 Å². The Morgan fingerprint density at radius 3 is 2.38 bits per heavy atom. The maximum Gasteiger partial charge on any atom is 2.00 e. The van der Waals surface area contributed by atoms with Crippen LogP contribution in [0.1, 0.15) is 85.4 Å². The maximum absolute atomic E-state index is 7.10. The number of aliphatic imine (C=N–C) groups is 1. The minimum absolute atomic E-state index is 0. The number of aromatic nitrogens is 3. The third kappa shape index (κ3) is 5.22. The maximum atomic E-state index is 7.10. The molecule has 0 bridgehead atoms. The standard InChI is InChI=1S/C49H44N4O.Pt/c1-29(2)34-17-21-42-40(26-34)37-14-11-23-50-46(37)52(42)35-18-19-36-39-24-30(3)16-20-43(39)53(45(36)27-35)44-28-38(31(4)25-32(44)5)47-51-48(6)22-10-13-33-12-8-9-15-41(33)49(48,7)54-47;/h8-9,11-12,14-21,23-26,29H,10,13,22H2,1-7H3;/q-2;+2/t48-,49+;/m1./s1. The van der Waals surface area contributed by atoms with Crippen LogP contribution in [0.3, 0.4) is 0 Å². The van der Waals surface area contributed by atoms with Crippen LogP contribution >= 0.6 is 0 Å². The number of hydrogen-bond donors (Lipinski definition) is 0.